The minimum absolute atomic E-state index is 1.03. The molecule has 6 rings (SSSR count). The number of hydrogen-bond acceptors (Lipinski definition) is 0. The lowest BCUT2D eigenvalue weighted by atomic mass is 9.97. The molecule has 0 nitrogen and oxygen atoms in total. The first-order chi connectivity index (χ1) is 9.58. The van der Waals surface area contributed by atoms with Gasteiger partial charge in [0.15, 0.2) is 0 Å². The minimum atomic E-state index is 1.03. The third-order valence-corrected chi connectivity index (χ3v) is 8.50. The molecule has 0 atom stereocenters. The van der Waals surface area contributed by atoms with Crippen LogP contribution in [0.1, 0.15) is 22.3 Å². The lowest BCUT2D eigenvalue weighted by molar-refractivity contribution is 0.902. The van der Waals surface area contributed by atoms with Crippen LogP contribution in [-0.2, 0) is 25.7 Å². The van der Waals surface area contributed by atoms with Gasteiger partial charge >= 0.3 is 0 Å². The molecule has 4 heteroatoms. The van der Waals surface area contributed by atoms with Gasteiger partial charge in [-0.25, -0.2) is 0 Å². The Morgan fingerprint density at radius 1 is 0.450 bits per heavy atom. The highest BCUT2D eigenvalue weighted by atomic mass is 79.9. The molecule has 0 amide bonds. The molecule has 0 N–H and O–H groups in total. The van der Waals surface area contributed by atoms with Crippen LogP contribution in [0.3, 0.4) is 0 Å². The third kappa shape index (κ3) is 2.81. The van der Waals surface area contributed by atoms with Crippen LogP contribution in [0.15, 0.2) is 42.2 Å². The molecular weight excluding hydrogens is 512 g/mol. The average molecular weight is 524 g/mol. The van der Waals surface area contributed by atoms with E-state index in [9.17, 15) is 0 Å². The summed E-state index contributed by atoms with van der Waals surface area (Å²) in [7, 11) is 0. The van der Waals surface area contributed by atoms with E-state index in [2.05, 4.69) is 88.0 Å². The molecule has 4 aliphatic carbocycles. The van der Waals surface area contributed by atoms with Gasteiger partial charge in [0.1, 0.15) is 0 Å². The maximum Gasteiger partial charge on any atom is 0.0352 e. The van der Waals surface area contributed by atoms with Gasteiger partial charge in [0.05, 0.1) is 0 Å². The summed E-state index contributed by atoms with van der Waals surface area (Å²) in [4.78, 5) is 0. The van der Waals surface area contributed by atoms with E-state index in [1.165, 1.54) is 40.1 Å². The predicted molar refractivity (Wildman–Crippen MR) is 98.5 cm³/mol. The molecule has 0 saturated carbocycles. The lowest BCUT2D eigenvalue weighted by Crippen LogP contribution is -2.02. The first-order valence-electron chi connectivity index (χ1n) is 6.49. The van der Waals surface area contributed by atoms with Gasteiger partial charge in [-0.3, -0.25) is 0 Å². The summed E-state index contributed by atoms with van der Waals surface area (Å²) in [5, 5.41) is 0. The van der Waals surface area contributed by atoms with Crippen molar-refractivity contribution in [3.05, 3.63) is 64.4 Å². The van der Waals surface area contributed by atoms with E-state index >= 15 is 0 Å². The van der Waals surface area contributed by atoms with E-state index in [1.807, 2.05) is 0 Å². The summed E-state index contributed by atoms with van der Waals surface area (Å²) in [6, 6.07) is 9.00. The van der Waals surface area contributed by atoms with Gasteiger partial charge in [-0.1, -0.05) is 24.3 Å². The van der Waals surface area contributed by atoms with Crippen molar-refractivity contribution in [2.45, 2.75) is 25.7 Å². The third-order valence-electron chi connectivity index (χ3n) is 3.81. The van der Waals surface area contributed by atoms with Crippen molar-refractivity contribution in [1.29, 1.82) is 0 Å². The zero-order chi connectivity index (χ0) is 14.3. The van der Waals surface area contributed by atoms with Crippen molar-refractivity contribution in [1.82, 2.24) is 0 Å². The highest BCUT2D eigenvalue weighted by Crippen LogP contribution is 2.36. The average Bonchev–Trinajstić information content (AvgIpc) is 2.43. The number of hydrogen-bond donors (Lipinski definition) is 0. The van der Waals surface area contributed by atoms with Crippen molar-refractivity contribution in [3.8, 4) is 0 Å². The molecule has 0 spiro atoms. The van der Waals surface area contributed by atoms with Crippen LogP contribution < -0.4 is 0 Å². The molecule has 20 heavy (non-hydrogen) atoms. The molecule has 0 heterocycles. The normalized spacial score (nSPS) is 14.2. The molecule has 0 saturated heterocycles. The van der Waals surface area contributed by atoms with E-state index in [1.54, 1.807) is 0 Å². The fourth-order valence-corrected chi connectivity index (χ4v) is 4.91. The molecule has 4 bridgehead atoms. The van der Waals surface area contributed by atoms with Crippen LogP contribution in [0.25, 0.3) is 0 Å². The summed E-state index contributed by atoms with van der Waals surface area (Å²) in [6.07, 6.45) is 4.13. The Bertz CT molecular complexity index is 559. The zero-order valence-corrected chi connectivity index (χ0v) is 17.0. The number of halogens is 4. The predicted octanol–water partition coefficient (Wildman–Crippen LogP) is 6.62. The van der Waals surface area contributed by atoms with Crippen LogP contribution in [0.2, 0.25) is 0 Å². The SMILES string of the molecule is Brc1c2ccc(c1Br)CCc1ccc(c(Br)c1Br)CC2. The molecule has 2 aromatic carbocycles. The molecule has 0 aliphatic heterocycles. The quantitative estimate of drug-likeness (QED) is 0.364. The van der Waals surface area contributed by atoms with E-state index in [0.717, 1.165) is 25.7 Å². The molecule has 2 aromatic rings. The Morgan fingerprint density at radius 2 is 0.650 bits per heavy atom. The van der Waals surface area contributed by atoms with Crippen molar-refractivity contribution in [2.75, 3.05) is 0 Å². The standard InChI is InChI=1S/C16H12Br4/c17-13-9-1-2-10(14(13)18)7-8-12-4-3-11(6-5-9)15(19)16(12)20/h1-4H,5-8H2. The fourth-order valence-electron chi connectivity index (χ4n) is 2.57. The first-order valence-corrected chi connectivity index (χ1v) is 9.66. The Kier molecular flexibility index (Phi) is 4.76. The van der Waals surface area contributed by atoms with Gasteiger partial charge in [0, 0.05) is 17.9 Å². The van der Waals surface area contributed by atoms with Crippen LogP contribution in [0.4, 0.5) is 0 Å². The second-order valence-electron chi connectivity index (χ2n) is 5.02. The fraction of sp³-hybridized carbons (Fsp3) is 0.250. The minimum Gasteiger partial charge on any atom is -0.0576 e. The van der Waals surface area contributed by atoms with Crippen molar-refractivity contribution in [3.63, 3.8) is 0 Å². The number of benzene rings is 2. The summed E-state index contributed by atoms with van der Waals surface area (Å²) in [5.74, 6) is 0. The van der Waals surface area contributed by atoms with Gasteiger partial charge in [0.25, 0.3) is 0 Å². The van der Waals surface area contributed by atoms with Gasteiger partial charge in [0.2, 0.25) is 0 Å². The Balaban J connectivity index is 2.12. The summed E-state index contributed by atoms with van der Waals surface area (Å²) in [6.45, 7) is 0. The molecule has 0 unspecified atom stereocenters. The summed E-state index contributed by atoms with van der Waals surface area (Å²) < 4.78 is 4.83. The number of rotatable bonds is 0. The molecule has 0 radical (unpaired) electrons. The van der Waals surface area contributed by atoms with Crippen molar-refractivity contribution in [2.24, 2.45) is 0 Å². The molecule has 4 aliphatic rings. The smallest absolute Gasteiger partial charge is 0.0352 e. The zero-order valence-electron chi connectivity index (χ0n) is 10.6. The Labute approximate surface area is 152 Å². The second kappa shape index (κ2) is 6.23. The highest BCUT2D eigenvalue weighted by Gasteiger charge is 2.15. The largest absolute Gasteiger partial charge is 0.0576 e. The van der Waals surface area contributed by atoms with Crippen molar-refractivity contribution < 1.29 is 0 Å². The van der Waals surface area contributed by atoms with Crippen LogP contribution in [0, 0.1) is 0 Å². The van der Waals surface area contributed by atoms with Crippen LogP contribution in [0.5, 0.6) is 0 Å². The molecule has 104 valence electrons. The first kappa shape index (κ1) is 15.3. The monoisotopic (exact) mass is 520 g/mol. The Morgan fingerprint density at radius 3 is 0.850 bits per heavy atom. The summed E-state index contributed by atoms with van der Waals surface area (Å²) in [5.41, 5.74) is 5.42. The Hall–Kier alpha value is 0.360. The van der Waals surface area contributed by atoms with E-state index in [0.29, 0.717) is 0 Å². The van der Waals surface area contributed by atoms with E-state index in [4.69, 9.17) is 0 Å². The van der Waals surface area contributed by atoms with Crippen LogP contribution >= 0.6 is 63.7 Å². The van der Waals surface area contributed by atoms with Crippen molar-refractivity contribution >= 4 is 63.7 Å². The number of aryl methyl sites for hydroxylation is 4. The topological polar surface area (TPSA) is 0 Å². The van der Waals surface area contributed by atoms with Gasteiger partial charge in [-0.15, -0.1) is 0 Å². The van der Waals surface area contributed by atoms with E-state index in [-0.39, 0.29) is 0 Å². The molecule has 0 fully saturated rings. The second-order valence-corrected chi connectivity index (χ2v) is 8.20. The lowest BCUT2D eigenvalue weighted by Gasteiger charge is -2.16. The van der Waals surface area contributed by atoms with Gasteiger partial charge in [-0.2, -0.15) is 0 Å². The van der Waals surface area contributed by atoms with Gasteiger partial charge in [-0.05, 0) is 112 Å². The summed E-state index contributed by atoms with van der Waals surface area (Å²) >= 11 is 14.9. The van der Waals surface area contributed by atoms with Gasteiger partial charge < -0.3 is 0 Å². The maximum atomic E-state index is 3.74. The maximum absolute atomic E-state index is 3.74. The molecule has 0 aromatic heterocycles. The van der Waals surface area contributed by atoms with Crippen LogP contribution in [-0.4, -0.2) is 0 Å². The highest BCUT2D eigenvalue weighted by molar-refractivity contribution is 9.13. The molecular formula is C16H12Br4. The van der Waals surface area contributed by atoms with E-state index < -0.39 is 0 Å².